The van der Waals surface area contributed by atoms with E-state index in [1.54, 1.807) is 4.68 Å². The van der Waals surface area contributed by atoms with Crippen molar-refractivity contribution in [2.45, 2.75) is 46.3 Å². The molecule has 0 fully saturated rings. The Labute approximate surface area is 212 Å². The molecule has 35 heavy (non-hydrogen) atoms. The Kier molecular flexibility index (Phi) is 8.02. The van der Waals surface area contributed by atoms with Gasteiger partial charge < -0.3 is 19.5 Å². The van der Waals surface area contributed by atoms with Crippen LogP contribution in [0.1, 0.15) is 50.8 Å². The van der Waals surface area contributed by atoms with Crippen LogP contribution in [-0.2, 0) is 16.1 Å². The highest BCUT2D eigenvalue weighted by Crippen LogP contribution is 2.43. The van der Waals surface area contributed by atoms with Gasteiger partial charge in [0, 0.05) is 5.70 Å². The molecule has 0 amide bonds. The second-order valence-corrected chi connectivity index (χ2v) is 8.89. The maximum atomic E-state index is 13.2. The Bertz CT molecular complexity index is 1210. The number of tetrazole rings is 1. The summed E-state index contributed by atoms with van der Waals surface area (Å²) in [4.78, 5) is 13.2. The van der Waals surface area contributed by atoms with E-state index < -0.39 is 12.0 Å². The van der Waals surface area contributed by atoms with Crippen LogP contribution >= 0.6 is 15.9 Å². The molecule has 0 saturated heterocycles. The molecular formula is C25H28BrN5O4. The normalized spacial score (nSPS) is 14.8. The summed E-state index contributed by atoms with van der Waals surface area (Å²) in [6, 6.07) is 13.1. The summed E-state index contributed by atoms with van der Waals surface area (Å²) in [5.41, 5.74) is 2.87. The van der Waals surface area contributed by atoms with Crippen molar-refractivity contribution in [1.29, 1.82) is 0 Å². The van der Waals surface area contributed by atoms with Crippen LogP contribution in [0.2, 0.25) is 0 Å². The van der Waals surface area contributed by atoms with E-state index in [9.17, 15) is 4.79 Å². The van der Waals surface area contributed by atoms with E-state index in [2.05, 4.69) is 36.8 Å². The molecule has 2 aromatic carbocycles. The summed E-state index contributed by atoms with van der Waals surface area (Å²) in [6.07, 6.45) is 1.72. The van der Waals surface area contributed by atoms with E-state index in [1.165, 1.54) is 0 Å². The number of ether oxygens (including phenoxy) is 3. The maximum Gasteiger partial charge on any atom is 0.338 e. The van der Waals surface area contributed by atoms with Gasteiger partial charge in [0.1, 0.15) is 12.6 Å². The predicted molar refractivity (Wildman–Crippen MR) is 134 cm³/mol. The maximum absolute atomic E-state index is 13.2. The van der Waals surface area contributed by atoms with Crippen LogP contribution in [0.3, 0.4) is 0 Å². The van der Waals surface area contributed by atoms with E-state index in [0.717, 1.165) is 24.0 Å². The van der Waals surface area contributed by atoms with Crippen molar-refractivity contribution in [3.8, 4) is 11.5 Å². The lowest BCUT2D eigenvalue weighted by atomic mass is 9.95. The van der Waals surface area contributed by atoms with Crippen LogP contribution < -0.4 is 14.8 Å². The molecule has 184 valence electrons. The number of carbonyl (C=O) groups excluding carboxylic acids is 1. The number of carbonyl (C=O) groups is 1. The summed E-state index contributed by atoms with van der Waals surface area (Å²) in [7, 11) is 0. The van der Waals surface area contributed by atoms with Gasteiger partial charge in [-0.1, -0.05) is 48.8 Å². The number of anilines is 1. The van der Waals surface area contributed by atoms with E-state index in [-0.39, 0.29) is 0 Å². The standard InChI is InChI=1S/C25H28BrN5O4/c1-4-6-12-34-24(32)21-16(3)27-25-28-29-30-31(25)22(21)18-13-19(26)23(20(14-18)33-5-2)35-15-17-10-8-7-9-11-17/h7-11,13-14,22H,4-6,12,15H2,1-3H3,(H,27,28,30). The van der Waals surface area contributed by atoms with Gasteiger partial charge in [0.25, 0.3) is 0 Å². The number of unbranched alkanes of at least 4 members (excludes halogenated alkanes) is 1. The van der Waals surface area contributed by atoms with E-state index in [1.807, 2.05) is 63.2 Å². The molecule has 1 aliphatic heterocycles. The summed E-state index contributed by atoms with van der Waals surface area (Å²) >= 11 is 3.65. The minimum Gasteiger partial charge on any atom is -0.490 e. The number of hydrogen-bond acceptors (Lipinski definition) is 8. The number of fused-ring (bicyclic) bond motifs is 1. The molecule has 3 aromatic rings. The van der Waals surface area contributed by atoms with Crippen molar-refractivity contribution >= 4 is 27.8 Å². The Hall–Kier alpha value is -3.40. The number of nitrogens with one attached hydrogen (secondary N) is 1. The second kappa shape index (κ2) is 11.4. The number of benzene rings is 2. The van der Waals surface area contributed by atoms with E-state index in [4.69, 9.17) is 14.2 Å². The highest BCUT2D eigenvalue weighted by molar-refractivity contribution is 9.10. The predicted octanol–water partition coefficient (Wildman–Crippen LogP) is 5.05. The van der Waals surface area contributed by atoms with Gasteiger partial charge in [-0.25, -0.2) is 4.79 Å². The van der Waals surface area contributed by atoms with Crippen LogP contribution in [0.5, 0.6) is 11.5 Å². The van der Waals surface area contributed by atoms with Gasteiger partial charge in [-0.15, -0.1) is 0 Å². The van der Waals surface area contributed by atoms with E-state index >= 15 is 0 Å². The molecule has 0 aliphatic carbocycles. The first kappa shape index (κ1) is 24.7. The number of rotatable bonds is 10. The molecule has 9 nitrogen and oxygen atoms in total. The van der Waals surface area contributed by atoms with Gasteiger partial charge >= 0.3 is 5.97 Å². The third kappa shape index (κ3) is 5.48. The fourth-order valence-electron chi connectivity index (χ4n) is 3.85. The summed E-state index contributed by atoms with van der Waals surface area (Å²) in [5.74, 6) is 1.17. The first-order valence-electron chi connectivity index (χ1n) is 11.6. The number of esters is 1. The largest absolute Gasteiger partial charge is 0.490 e. The number of hydrogen-bond donors (Lipinski definition) is 1. The van der Waals surface area contributed by atoms with Crippen LogP contribution in [0.4, 0.5) is 5.95 Å². The lowest BCUT2D eigenvalue weighted by Gasteiger charge is -2.28. The Morgan fingerprint density at radius 3 is 2.71 bits per heavy atom. The summed E-state index contributed by atoms with van der Waals surface area (Å²) in [5, 5.41) is 15.1. The molecule has 1 unspecified atom stereocenters. The van der Waals surface area contributed by atoms with Gasteiger partial charge in [0.15, 0.2) is 11.5 Å². The third-order valence-corrected chi connectivity index (χ3v) is 6.13. The Morgan fingerprint density at radius 2 is 1.97 bits per heavy atom. The number of aromatic nitrogens is 4. The van der Waals surface area contributed by atoms with Gasteiger partial charge in [0.05, 0.1) is 23.3 Å². The number of nitrogens with zero attached hydrogens (tertiary/aromatic N) is 4. The van der Waals surface area contributed by atoms with Gasteiger partial charge in [-0.05, 0) is 69.9 Å². The first-order chi connectivity index (χ1) is 17.0. The van der Waals surface area contributed by atoms with Crippen molar-refractivity contribution in [2.24, 2.45) is 0 Å². The highest BCUT2D eigenvalue weighted by atomic mass is 79.9. The highest BCUT2D eigenvalue weighted by Gasteiger charge is 2.36. The molecule has 2 heterocycles. The molecule has 1 N–H and O–H groups in total. The van der Waals surface area contributed by atoms with Gasteiger partial charge in [-0.3, -0.25) is 0 Å². The zero-order valence-corrected chi connectivity index (χ0v) is 21.5. The molecule has 10 heteroatoms. The average molecular weight is 542 g/mol. The van der Waals surface area contributed by atoms with Crippen LogP contribution in [-0.4, -0.2) is 39.4 Å². The molecular weight excluding hydrogens is 514 g/mol. The fraction of sp³-hybridized carbons (Fsp3) is 0.360. The van der Waals surface area contributed by atoms with Crippen molar-refractivity contribution < 1.29 is 19.0 Å². The van der Waals surface area contributed by atoms with Crippen LogP contribution in [0.25, 0.3) is 0 Å². The van der Waals surface area contributed by atoms with Crippen LogP contribution in [0, 0.1) is 0 Å². The Balaban J connectivity index is 1.72. The Morgan fingerprint density at radius 1 is 1.17 bits per heavy atom. The molecule has 0 bridgehead atoms. The molecule has 1 aliphatic rings. The SMILES string of the molecule is CCCCOC(=O)C1=C(C)Nc2nnnn2C1c1cc(Br)c(OCc2ccccc2)c(OCC)c1. The molecule has 1 aromatic heterocycles. The molecule has 0 radical (unpaired) electrons. The monoisotopic (exact) mass is 541 g/mol. The molecule has 0 saturated carbocycles. The van der Waals surface area contributed by atoms with Crippen molar-refractivity contribution in [3.05, 3.63) is 69.3 Å². The first-order valence-corrected chi connectivity index (χ1v) is 12.4. The summed E-state index contributed by atoms with van der Waals surface area (Å²) < 4.78 is 19.9. The molecule has 0 spiro atoms. The van der Waals surface area contributed by atoms with Crippen LogP contribution in [0.15, 0.2) is 58.2 Å². The smallest absolute Gasteiger partial charge is 0.338 e. The van der Waals surface area contributed by atoms with Gasteiger partial charge in [0.2, 0.25) is 5.95 Å². The van der Waals surface area contributed by atoms with Crippen molar-refractivity contribution in [3.63, 3.8) is 0 Å². The zero-order chi connectivity index (χ0) is 24.8. The fourth-order valence-corrected chi connectivity index (χ4v) is 4.42. The zero-order valence-electron chi connectivity index (χ0n) is 20.0. The quantitative estimate of drug-likeness (QED) is 0.281. The van der Waals surface area contributed by atoms with Gasteiger partial charge in [-0.2, -0.15) is 4.68 Å². The lowest BCUT2D eigenvalue weighted by Crippen LogP contribution is -2.30. The van der Waals surface area contributed by atoms with Crippen molar-refractivity contribution in [2.75, 3.05) is 18.5 Å². The lowest BCUT2D eigenvalue weighted by molar-refractivity contribution is -0.139. The minimum atomic E-state index is -0.603. The number of allylic oxidation sites excluding steroid dienone is 1. The van der Waals surface area contributed by atoms with E-state index in [0.29, 0.717) is 53.0 Å². The molecule has 4 rings (SSSR count). The third-order valence-electron chi connectivity index (χ3n) is 5.54. The molecule has 1 atom stereocenters. The second-order valence-electron chi connectivity index (χ2n) is 8.04. The minimum absolute atomic E-state index is 0.349. The summed E-state index contributed by atoms with van der Waals surface area (Å²) in [6.45, 7) is 6.95. The average Bonchev–Trinajstić information content (AvgIpc) is 3.31. The number of halogens is 1. The topological polar surface area (TPSA) is 100 Å². The van der Waals surface area contributed by atoms with Crippen molar-refractivity contribution in [1.82, 2.24) is 20.2 Å².